The molecule has 2 aromatic carbocycles. The average Bonchev–Trinajstić information content (AvgIpc) is 2.65. The first-order chi connectivity index (χ1) is 13.4. The van der Waals surface area contributed by atoms with Gasteiger partial charge in [0.15, 0.2) is 0 Å². The van der Waals surface area contributed by atoms with Crippen molar-refractivity contribution < 1.29 is 4.57 Å². The second kappa shape index (κ2) is 8.73. The van der Waals surface area contributed by atoms with Gasteiger partial charge in [-0.25, -0.2) is 0 Å². The minimum absolute atomic E-state index is 1.12. The van der Waals surface area contributed by atoms with Crippen molar-refractivity contribution >= 4 is 27.5 Å². The van der Waals surface area contributed by atoms with E-state index in [0.717, 1.165) is 6.54 Å². The van der Waals surface area contributed by atoms with Crippen LogP contribution < -0.4 is 9.47 Å². The largest absolute Gasteiger partial charge is 0.371 e. The van der Waals surface area contributed by atoms with Gasteiger partial charge in [-0.15, -0.1) is 0 Å². The highest BCUT2D eigenvalue weighted by molar-refractivity contribution is 5.96. The molecule has 1 fully saturated rings. The molecule has 0 bridgehead atoms. The minimum atomic E-state index is 1.12. The third-order valence-electron chi connectivity index (χ3n) is 6.06. The highest BCUT2D eigenvalue weighted by Gasteiger charge is 2.21. The van der Waals surface area contributed by atoms with Crippen molar-refractivity contribution in [3.63, 3.8) is 0 Å². The molecule has 4 rings (SSSR count). The quantitative estimate of drug-likeness (QED) is 0.248. The summed E-state index contributed by atoms with van der Waals surface area (Å²) in [5.74, 6) is 0. The molecule has 2 nitrogen and oxygen atoms in total. The predicted octanol–water partition coefficient (Wildman–Crippen LogP) is 6.24. The lowest BCUT2D eigenvalue weighted by Crippen LogP contribution is -2.39. The second-order valence-electron chi connectivity index (χ2n) is 8.03. The lowest BCUT2D eigenvalue weighted by Gasteiger charge is -2.33. The fourth-order valence-corrected chi connectivity index (χ4v) is 4.37. The molecule has 0 spiro atoms. The molecule has 1 aromatic heterocycles. The first-order valence-corrected chi connectivity index (χ1v) is 11.0. The number of anilines is 1. The number of benzene rings is 2. The molecule has 0 N–H and O–H groups in total. The standard InChI is InChI=1S/C25H33N2/c1-2-3-4-5-6-7-10-19-27-23-14-9-8-13-21(23)20-22-24(26-17-12-18-26)15-11-16-25(22)27/h8-9,11,13-16,20H,2-7,10,12,17-19H2,1H3/q+1. The van der Waals surface area contributed by atoms with Gasteiger partial charge in [0.25, 0.3) is 0 Å². The van der Waals surface area contributed by atoms with Gasteiger partial charge in [0.2, 0.25) is 11.0 Å². The third kappa shape index (κ3) is 3.95. The van der Waals surface area contributed by atoms with Crippen molar-refractivity contribution in [1.82, 2.24) is 0 Å². The fraction of sp³-hybridized carbons (Fsp3) is 0.480. The van der Waals surface area contributed by atoms with Crippen LogP contribution in [0.25, 0.3) is 21.8 Å². The zero-order chi connectivity index (χ0) is 18.5. The molecule has 0 atom stereocenters. The minimum Gasteiger partial charge on any atom is -0.371 e. The Bertz CT molecular complexity index is 895. The molecular weight excluding hydrogens is 328 g/mol. The van der Waals surface area contributed by atoms with Crippen LogP contribution in [0.1, 0.15) is 58.3 Å². The van der Waals surface area contributed by atoms with E-state index in [9.17, 15) is 0 Å². The van der Waals surface area contributed by atoms with Gasteiger partial charge in [-0.3, -0.25) is 0 Å². The molecule has 1 aliphatic heterocycles. The molecule has 0 radical (unpaired) electrons. The molecule has 2 heteroatoms. The number of rotatable bonds is 9. The van der Waals surface area contributed by atoms with E-state index in [1.54, 1.807) is 0 Å². The van der Waals surface area contributed by atoms with Gasteiger partial charge < -0.3 is 4.90 Å². The lowest BCUT2D eigenvalue weighted by molar-refractivity contribution is -0.645. The maximum atomic E-state index is 2.57. The van der Waals surface area contributed by atoms with Crippen molar-refractivity contribution in [2.24, 2.45) is 0 Å². The van der Waals surface area contributed by atoms with E-state index in [1.165, 1.54) is 91.9 Å². The summed E-state index contributed by atoms with van der Waals surface area (Å²) in [6, 6.07) is 18.1. The number of aromatic nitrogens is 1. The second-order valence-corrected chi connectivity index (χ2v) is 8.03. The van der Waals surface area contributed by atoms with Crippen molar-refractivity contribution in [1.29, 1.82) is 0 Å². The van der Waals surface area contributed by atoms with Crippen LogP contribution in [0.2, 0.25) is 0 Å². The Morgan fingerprint density at radius 3 is 2.33 bits per heavy atom. The molecule has 0 amide bonds. The van der Waals surface area contributed by atoms with Gasteiger partial charge in [0.05, 0.1) is 11.1 Å². The van der Waals surface area contributed by atoms with Gasteiger partial charge in [0.1, 0.15) is 6.54 Å². The van der Waals surface area contributed by atoms with Crippen molar-refractivity contribution in [2.75, 3.05) is 18.0 Å². The van der Waals surface area contributed by atoms with Crippen LogP contribution in [0.3, 0.4) is 0 Å². The highest BCUT2D eigenvalue weighted by atomic mass is 15.2. The van der Waals surface area contributed by atoms with Crippen LogP contribution in [0.15, 0.2) is 48.5 Å². The van der Waals surface area contributed by atoms with Gasteiger partial charge in [-0.05, 0) is 31.0 Å². The Kier molecular flexibility index (Phi) is 5.91. The van der Waals surface area contributed by atoms with Crippen molar-refractivity contribution in [3.8, 4) is 0 Å². The number of unbranched alkanes of at least 4 members (excludes halogenated alkanes) is 6. The molecule has 27 heavy (non-hydrogen) atoms. The van der Waals surface area contributed by atoms with E-state index in [4.69, 9.17) is 0 Å². The monoisotopic (exact) mass is 361 g/mol. The van der Waals surface area contributed by atoms with Crippen molar-refractivity contribution in [3.05, 3.63) is 48.5 Å². The highest BCUT2D eigenvalue weighted by Crippen LogP contribution is 2.30. The summed E-state index contributed by atoms with van der Waals surface area (Å²) in [6.07, 6.45) is 10.8. The van der Waals surface area contributed by atoms with E-state index in [2.05, 4.69) is 64.9 Å². The number of hydrogen-bond donors (Lipinski definition) is 0. The van der Waals surface area contributed by atoms with E-state index in [-0.39, 0.29) is 0 Å². The van der Waals surface area contributed by atoms with Crippen LogP contribution in [0, 0.1) is 0 Å². The molecule has 0 unspecified atom stereocenters. The molecule has 2 heterocycles. The van der Waals surface area contributed by atoms with Gasteiger partial charge in [0, 0.05) is 37.0 Å². The maximum Gasteiger partial charge on any atom is 0.215 e. The molecule has 0 saturated carbocycles. The predicted molar refractivity (Wildman–Crippen MR) is 116 cm³/mol. The van der Waals surface area contributed by atoms with Crippen molar-refractivity contribution in [2.45, 2.75) is 64.8 Å². The number of hydrogen-bond acceptors (Lipinski definition) is 1. The molecule has 3 aromatic rings. The summed E-state index contributed by atoms with van der Waals surface area (Å²) >= 11 is 0. The SMILES string of the molecule is CCCCCCCCC[n+]1c2ccccc2cc2c(N3CCC3)cccc21. The van der Waals surface area contributed by atoms with Gasteiger partial charge >= 0.3 is 0 Å². The lowest BCUT2D eigenvalue weighted by atomic mass is 10.0. The van der Waals surface area contributed by atoms with E-state index < -0.39 is 0 Å². The Labute approximate surface area is 163 Å². The Morgan fingerprint density at radius 1 is 0.815 bits per heavy atom. The zero-order valence-corrected chi connectivity index (χ0v) is 16.8. The van der Waals surface area contributed by atoms with E-state index in [0.29, 0.717) is 0 Å². The van der Waals surface area contributed by atoms with E-state index >= 15 is 0 Å². The Morgan fingerprint density at radius 2 is 1.56 bits per heavy atom. The third-order valence-corrected chi connectivity index (χ3v) is 6.06. The molecule has 1 saturated heterocycles. The number of nitrogens with zero attached hydrogens (tertiary/aromatic N) is 2. The van der Waals surface area contributed by atoms with Gasteiger partial charge in [-0.2, -0.15) is 4.57 Å². The topological polar surface area (TPSA) is 7.12 Å². The van der Waals surface area contributed by atoms with Crippen LogP contribution in [-0.4, -0.2) is 13.1 Å². The molecular formula is C25H33N2+. The van der Waals surface area contributed by atoms with E-state index in [1.807, 2.05) is 0 Å². The van der Waals surface area contributed by atoms with Crippen LogP contribution in [0.5, 0.6) is 0 Å². The first-order valence-electron chi connectivity index (χ1n) is 11.0. The fourth-order valence-electron chi connectivity index (χ4n) is 4.37. The van der Waals surface area contributed by atoms with Crippen LogP contribution >= 0.6 is 0 Å². The smallest absolute Gasteiger partial charge is 0.215 e. The first kappa shape index (κ1) is 18.3. The van der Waals surface area contributed by atoms with Crippen LogP contribution in [0.4, 0.5) is 5.69 Å². The van der Waals surface area contributed by atoms with Crippen LogP contribution in [-0.2, 0) is 6.54 Å². The van der Waals surface area contributed by atoms with Gasteiger partial charge in [-0.1, -0.05) is 57.2 Å². The number of fused-ring (bicyclic) bond motifs is 2. The normalized spacial score (nSPS) is 14.0. The number of pyridine rings is 1. The number of para-hydroxylation sites is 1. The summed E-state index contributed by atoms with van der Waals surface area (Å²) in [4.78, 5) is 2.52. The Balaban J connectivity index is 1.60. The molecule has 0 aliphatic carbocycles. The molecule has 142 valence electrons. The summed E-state index contributed by atoms with van der Waals surface area (Å²) in [5.41, 5.74) is 4.18. The number of aryl methyl sites for hydroxylation is 1. The summed E-state index contributed by atoms with van der Waals surface area (Å²) in [6.45, 7) is 5.80. The summed E-state index contributed by atoms with van der Waals surface area (Å²) in [7, 11) is 0. The zero-order valence-electron chi connectivity index (χ0n) is 16.8. The summed E-state index contributed by atoms with van der Waals surface area (Å²) < 4.78 is 2.57. The average molecular weight is 362 g/mol. The maximum absolute atomic E-state index is 2.57. The Hall–Kier alpha value is -2.09. The summed E-state index contributed by atoms with van der Waals surface area (Å²) in [5, 5.41) is 2.78. The molecule has 1 aliphatic rings.